The van der Waals surface area contributed by atoms with Crippen molar-refractivity contribution >= 4 is 34.5 Å². The molecule has 3 aromatic heterocycles. The average molecular weight is 540 g/mol. The number of aliphatic hydroxyl groups is 2. The molecule has 2 aliphatic heterocycles. The first-order valence-corrected chi connectivity index (χ1v) is 13.9. The number of fused-ring (bicyclic) bond motifs is 2. The van der Waals surface area contributed by atoms with E-state index in [4.69, 9.17) is 9.47 Å². The minimum atomic E-state index is -0.849. The number of anilines is 1. The number of pyridine rings is 3. The van der Waals surface area contributed by atoms with Gasteiger partial charge in [-0.2, -0.15) is 0 Å². The van der Waals surface area contributed by atoms with Crippen molar-refractivity contribution in [1.29, 1.82) is 0 Å². The molecule has 1 saturated heterocycles. The Hall–Kier alpha value is -2.83. The molecule has 2 aliphatic rings. The fraction of sp³-hybridized carbons (Fsp3) is 0.481. The van der Waals surface area contributed by atoms with Crippen molar-refractivity contribution in [3.63, 3.8) is 0 Å². The van der Waals surface area contributed by atoms with E-state index >= 15 is 0 Å². The molecule has 0 saturated carbocycles. The quantitative estimate of drug-likeness (QED) is 0.304. The van der Waals surface area contributed by atoms with Gasteiger partial charge in [-0.25, -0.2) is 9.97 Å². The number of hydrogen-bond donors (Lipinski definition) is 4. The van der Waals surface area contributed by atoms with E-state index in [1.807, 2.05) is 30.3 Å². The summed E-state index contributed by atoms with van der Waals surface area (Å²) < 4.78 is 11.8. The van der Waals surface area contributed by atoms with Crippen molar-refractivity contribution < 1.29 is 24.5 Å². The van der Waals surface area contributed by atoms with Crippen molar-refractivity contribution in [1.82, 2.24) is 20.3 Å². The Labute approximate surface area is 225 Å². The summed E-state index contributed by atoms with van der Waals surface area (Å²) in [5, 5.41) is 26.0. The van der Waals surface area contributed by atoms with Crippen LogP contribution in [0.2, 0.25) is 0 Å². The molecule has 0 aromatic carbocycles. The van der Waals surface area contributed by atoms with Gasteiger partial charge in [-0.1, -0.05) is 0 Å². The molecule has 11 heteroatoms. The van der Waals surface area contributed by atoms with Gasteiger partial charge in [0.1, 0.15) is 5.82 Å². The van der Waals surface area contributed by atoms with Crippen LogP contribution < -0.4 is 15.4 Å². The highest BCUT2D eigenvalue weighted by atomic mass is 32.2. The normalized spacial score (nSPS) is 22.1. The Morgan fingerprint density at radius 2 is 2.13 bits per heavy atom. The third-order valence-electron chi connectivity index (χ3n) is 7.00. The summed E-state index contributed by atoms with van der Waals surface area (Å²) in [6.45, 7) is 0.201. The standard InChI is InChI=1S/C27H33N5O5S/c1-36-25-9-7-21-26(32-25)16(10-11-28-21)2-4-19-5-6-20(22(37-19)12-18(34)14-33)29-13-17-3-8-23-27(30-17)31-24(35)15-38-23/h3,7-11,18-20,22,29,33-34H,2,4-6,12-15H2,1H3,(H,30,31,35)/t18-,19-,20-,22-/m1/s1. The maximum absolute atomic E-state index is 11.7. The third kappa shape index (κ3) is 6.41. The number of methoxy groups -OCH3 is 1. The lowest BCUT2D eigenvalue weighted by atomic mass is 9.92. The van der Waals surface area contributed by atoms with E-state index in [-0.39, 0.29) is 30.8 Å². The summed E-state index contributed by atoms with van der Waals surface area (Å²) in [5.74, 6) is 1.53. The third-order valence-corrected chi connectivity index (χ3v) is 8.04. The molecule has 1 fully saturated rings. The van der Waals surface area contributed by atoms with Gasteiger partial charge in [0, 0.05) is 31.3 Å². The van der Waals surface area contributed by atoms with E-state index in [0.29, 0.717) is 30.4 Å². The van der Waals surface area contributed by atoms with Gasteiger partial charge < -0.3 is 30.3 Å². The highest BCUT2D eigenvalue weighted by molar-refractivity contribution is 8.00. The van der Waals surface area contributed by atoms with E-state index in [1.165, 1.54) is 11.8 Å². The van der Waals surface area contributed by atoms with Gasteiger partial charge in [-0.05, 0) is 55.5 Å². The van der Waals surface area contributed by atoms with Crippen molar-refractivity contribution in [2.75, 3.05) is 24.8 Å². The minimum Gasteiger partial charge on any atom is -0.481 e. The topological polar surface area (TPSA) is 139 Å². The molecule has 0 bridgehead atoms. The number of hydrogen-bond acceptors (Lipinski definition) is 10. The van der Waals surface area contributed by atoms with E-state index < -0.39 is 6.10 Å². The molecule has 4 atom stereocenters. The highest BCUT2D eigenvalue weighted by Crippen LogP contribution is 2.30. The molecule has 0 spiro atoms. The molecule has 38 heavy (non-hydrogen) atoms. The van der Waals surface area contributed by atoms with E-state index in [0.717, 1.165) is 52.9 Å². The fourth-order valence-electron chi connectivity index (χ4n) is 5.00. The summed E-state index contributed by atoms with van der Waals surface area (Å²) in [5.41, 5.74) is 3.58. The minimum absolute atomic E-state index is 0.00179. The van der Waals surface area contributed by atoms with Crippen LogP contribution >= 0.6 is 11.8 Å². The number of nitrogens with zero attached hydrogens (tertiary/aromatic N) is 3. The Morgan fingerprint density at radius 3 is 2.97 bits per heavy atom. The summed E-state index contributed by atoms with van der Waals surface area (Å²) in [4.78, 5) is 26.3. The maximum Gasteiger partial charge on any atom is 0.235 e. The van der Waals surface area contributed by atoms with Gasteiger partial charge in [0.05, 0.1) is 59.4 Å². The SMILES string of the molecule is COc1ccc2nccc(CC[C@@H]3CC[C@@H](NCc4ccc5c(n4)NC(=O)CS5)[C@@H](C[C@@H](O)CO)O3)c2n1. The molecule has 0 unspecified atom stereocenters. The zero-order chi connectivity index (χ0) is 26.5. The number of carbonyl (C=O) groups excluding carboxylic acids is 1. The number of amides is 1. The largest absolute Gasteiger partial charge is 0.481 e. The number of carbonyl (C=O) groups is 1. The molecule has 5 rings (SSSR count). The fourth-order valence-corrected chi connectivity index (χ4v) is 5.76. The van der Waals surface area contributed by atoms with Crippen molar-refractivity contribution in [3.05, 3.63) is 47.8 Å². The van der Waals surface area contributed by atoms with Gasteiger partial charge in [0.2, 0.25) is 11.8 Å². The second-order valence-corrected chi connectivity index (χ2v) is 10.7. The number of aromatic nitrogens is 3. The average Bonchev–Trinajstić information content (AvgIpc) is 2.94. The zero-order valence-electron chi connectivity index (χ0n) is 21.3. The molecular formula is C27H33N5O5S. The van der Waals surface area contributed by atoms with E-state index in [9.17, 15) is 15.0 Å². The van der Waals surface area contributed by atoms with Crippen LogP contribution in [0.15, 0.2) is 41.4 Å². The predicted molar refractivity (Wildman–Crippen MR) is 144 cm³/mol. The second kappa shape index (κ2) is 12.4. The van der Waals surface area contributed by atoms with Gasteiger partial charge in [-0.15, -0.1) is 11.8 Å². The summed E-state index contributed by atoms with van der Waals surface area (Å²) in [6, 6.07) is 9.65. The Bertz CT molecular complexity index is 1280. The smallest absolute Gasteiger partial charge is 0.235 e. The zero-order valence-corrected chi connectivity index (χ0v) is 22.1. The van der Waals surface area contributed by atoms with Crippen LogP contribution in [0.4, 0.5) is 5.82 Å². The lowest BCUT2D eigenvalue weighted by Crippen LogP contribution is -2.48. The highest BCUT2D eigenvalue weighted by Gasteiger charge is 2.32. The molecule has 0 aliphatic carbocycles. The Morgan fingerprint density at radius 1 is 1.24 bits per heavy atom. The van der Waals surface area contributed by atoms with Crippen LogP contribution in [0.5, 0.6) is 5.88 Å². The number of nitrogens with one attached hydrogen (secondary N) is 2. The summed E-state index contributed by atoms with van der Waals surface area (Å²) in [7, 11) is 1.60. The molecular weight excluding hydrogens is 506 g/mol. The Kier molecular flexibility index (Phi) is 8.70. The lowest BCUT2D eigenvalue weighted by molar-refractivity contribution is -0.113. The van der Waals surface area contributed by atoms with Crippen LogP contribution in [0.3, 0.4) is 0 Å². The second-order valence-electron chi connectivity index (χ2n) is 9.65. The van der Waals surface area contributed by atoms with Crippen LogP contribution in [0.25, 0.3) is 11.0 Å². The van der Waals surface area contributed by atoms with Gasteiger partial charge in [0.25, 0.3) is 0 Å². The van der Waals surface area contributed by atoms with E-state index in [2.05, 4.69) is 25.6 Å². The number of rotatable bonds is 10. The van der Waals surface area contributed by atoms with Crippen molar-refractivity contribution in [2.45, 2.75) is 67.9 Å². The molecule has 10 nitrogen and oxygen atoms in total. The predicted octanol–water partition coefficient (Wildman–Crippen LogP) is 2.46. The van der Waals surface area contributed by atoms with Crippen LogP contribution in [0, 0.1) is 0 Å². The summed E-state index contributed by atoms with van der Waals surface area (Å²) >= 11 is 1.49. The first kappa shape index (κ1) is 26.8. The molecule has 202 valence electrons. The van der Waals surface area contributed by atoms with Crippen molar-refractivity contribution in [2.24, 2.45) is 0 Å². The molecule has 1 amide bonds. The molecule has 4 N–H and O–H groups in total. The Balaban J connectivity index is 1.22. The first-order valence-electron chi connectivity index (χ1n) is 12.9. The van der Waals surface area contributed by atoms with Crippen LogP contribution in [-0.2, 0) is 22.5 Å². The number of ether oxygens (including phenoxy) is 2. The van der Waals surface area contributed by atoms with Gasteiger partial charge in [-0.3, -0.25) is 9.78 Å². The molecule has 0 radical (unpaired) electrons. The molecule has 5 heterocycles. The number of aryl methyl sites for hydroxylation is 1. The molecule has 3 aromatic rings. The van der Waals surface area contributed by atoms with Crippen LogP contribution in [-0.4, -0.2) is 74.9 Å². The maximum atomic E-state index is 11.7. The van der Waals surface area contributed by atoms with Gasteiger partial charge >= 0.3 is 0 Å². The van der Waals surface area contributed by atoms with Crippen molar-refractivity contribution in [3.8, 4) is 5.88 Å². The summed E-state index contributed by atoms with van der Waals surface area (Å²) in [6.07, 6.45) is 4.38. The lowest BCUT2D eigenvalue weighted by Gasteiger charge is -2.38. The van der Waals surface area contributed by atoms with E-state index in [1.54, 1.807) is 13.3 Å². The number of thioether (sulfide) groups is 1. The monoisotopic (exact) mass is 539 g/mol. The van der Waals surface area contributed by atoms with Gasteiger partial charge in [0.15, 0.2) is 0 Å². The number of aliphatic hydroxyl groups excluding tert-OH is 2. The first-order chi connectivity index (χ1) is 18.5. The van der Waals surface area contributed by atoms with Crippen LogP contribution in [0.1, 0.15) is 36.9 Å².